The van der Waals surface area contributed by atoms with Gasteiger partial charge in [0.05, 0.1) is 5.92 Å². The van der Waals surface area contributed by atoms with Gasteiger partial charge in [-0.3, -0.25) is 9.59 Å². The molecule has 1 saturated heterocycles. The van der Waals surface area contributed by atoms with Crippen LogP contribution < -0.4 is 5.32 Å². The van der Waals surface area contributed by atoms with Crippen LogP contribution >= 0.6 is 0 Å². The van der Waals surface area contributed by atoms with Gasteiger partial charge < -0.3 is 10.2 Å². The minimum atomic E-state index is -0.265. The molecule has 2 aromatic rings. The molecule has 2 aromatic carbocycles. The van der Waals surface area contributed by atoms with Crippen LogP contribution in [0.4, 0.5) is 5.69 Å². The van der Waals surface area contributed by atoms with Gasteiger partial charge in [0.15, 0.2) is 0 Å². The standard InChI is InChI=1S/C19H20N2O2/c22-18-13-16(19(23)20-17-9-5-2-6-10-17)14-21(18)12-11-15-7-3-1-4-8-15/h1-10,16H,11-14H2,(H,20,23). The Balaban J connectivity index is 1.53. The van der Waals surface area contributed by atoms with E-state index in [1.54, 1.807) is 4.90 Å². The number of anilines is 1. The molecule has 1 N–H and O–H groups in total. The lowest BCUT2D eigenvalue weighted by Gasteiger charge is -2.16. The SMILES string of the molecule is O=C(Nc1ccccc1)C1CC(=O)N(CCc2ccccc2)C1. The minimum Gasteiger partial charge on any atom is -0.342 e. The van der Waals surface area contributed by atoms with E-state index >= 15 is 0 Å². The zero-order valence-electron chi connectivity index (χ0n) is 12.9. The van der Waals surface area contributed by atoms with Crippen LogP contribution in [0.2, 0.25) is 0 Å². The summed E-state index contributed by atoms with van der Waals surface area (Å²) < 4.78 is 0. The summed E-state index contributed by atoms with van der Waals surface area (Å²) in [5.41, 5.74) is 1.98. The molecule has 0 radical (unpaired) electrons. The molecule has 0 saturated carbocycles. The Kier molecular flexibility index (Phi) is 4.71. The molecule has 23 heavy (non-hydrogen) atoms. The van der Waals surface area contributed by atoms with Crippen LogP contribution in [0.25, 0.3) is 0 Å². The predicted octanol–water partition coefficient (Wildman–Crippen LogP) is 2.72. The van der Waals surface area contributed by atoms with Gasteiger partial charge in [-0.15, -0.1) is 0 Å². The first-order valence-corrected chi connectivity index (χ1v) is 7.90. The van der Waals surface area contributed by atoms with Crippen LogP contribution in [0.15, 0.2) is 60.7 Å². The first-order chi connectivity index (χ1) is 11.2. The Morgan fingerprint density at radius 3 is 2.39 bits per heavy atom. The predicted molar refractivity (Wildman–Crippen MR) is 89.9 cm³/mol. The van der Waals surface area contributed by atoms with Crippen molar-refractivity contribution in [1.82, 2.24) is 4.90 Å². The smallest absolute Gasteiger partial charge is 0.229 e. The van der Waals surface area contributed by atoms with E-state index in [2.05, 4.69) is 17.4 Å². The normalized spacial score (nSPS) is 17.3. The highest BCUT2D eigenvalue weighted by Gasteiger charge is 2.33. The number of nitrogens with one attached hydrogen (secondary N) is 1. The fraction of sp³-hybridized carbons (Fsp3) is 0.263. The molecule has 1 unspecified atom stereocenters. The van der Waals surface area contributed by atoms with Crippen molar-refractivity contribution in [2.75, 3.05) is 18.4 Å². The minimum absolute atomic E-state index is 0.0640. The van der Waals surface area contributed by atoms with E-state index in [-0.39, 0.29) is 17.7 Å². The second-order valence-electron chi connectivity index (χ2n) is 5.83. The lowest BCUT2D eigenvalue weighted by Crippen LogP contribution is -2.30. The fourth-order valence-corrected chi connectivity index (χ4v) is 2.84. The Hall–Kier alpha value is -2.62. The zero-order valence-corrected chi connectivity index (χ0v) is 12.9. The summed E-state index contributed by atoms with van der Waals surface area (Å²) in [5.74, 6) is -0.278. The molecule has 0 bridgehead atoms. The number of amides is 2. The molecule has 3 rings (SSSR count). The topological polar surface area (TPSA) is 49.4 Å². The summed E-state index contributed by atoms with van der Waals surface area (Å²) in [7, 11) is 0. The van der Waals surface area contributed by atoms with E-state index in [0.717, 1.165) is 12.1 Å². The number of nitrogens with zero attached hydrogens (tertiary/aromatic N) is 1. The summed E-state index contributed by atoms with van der Waals surface area (Å²) in [5, 5.41) is 2.88. The summed E-state index contributed by atoms with van der Waals surface area (Å²) in [6.07, 6.45) is 1.12. The van der Waals surface area contributed by atoms with Crippen molar-refractivity contribution in [3.63, 3.8) is 0 Å². The van der Waals surface area contributed by atoms with Gasteiger partial charge in [-0.25, -0.2) is 0 Å². The summed E-state index contributed by atoms with van der Waals surface area (Å²) >= 11 is 0. The van der Waals surface area contributed by atoms with Crippen LogP contribution in [0, 0.1) is 5.92 Å². The monoisotopic (exact) mass is 308 g/mol. The van der Waals surface area contributed by atoms with E-state index in [9.17, 15) is 9.59 Å². The van der Waals surface area contributed by atoms with Crippen LogP contribution in [0.3, 0.4) is 0 Å². The van der Waals surface area contributed by atoms with Crippen molar-refractivity contribution in [2.24, 2.45) is 5.92 Å². The van der Waals surface area contributed by atoms with Gasteiger partial charge in [-0.05, 0) is 24.1 Å². The molecular weight excluding hydrogens is 288 g/mol. The second-order valence-corrected chi connectivity index (χ2v) is 5.83. The van der Waals surface area contributed by atoms with Crippen LogP contribution in [0.5, 0.6) is 0 Å². The molecule has 2 amide bonds. The number of para-hydroxylation sites is 1. The molecule has 1 heterocycles. The van der Waals surface area contributed by atoms with E-state index in [4.69, 9.17) is 0 Å². The van der Waals surface area contributed by atoms with Gasteiger partial charge in [-0.2, -0.15) is 0 Å². The molecule has 4 heteroatoms. The van der Waals surface area contributed by atoms with Gasteiger partial charge >= 0.3 is 0 Å². The third kappa shape index (κ3) is 3.97. The van der Waals surface area contributed by atoms with Gasteiger partial charge in [0.25, 0.3) is 0 Å². The molecule has 0 spiro atoms. The van der Waals surface area contributed by atoms with Crippen LogP contribution in [-0.2, 0) is 16.0 Å². The molecule has 118 valence electrons. The number of hydrogen-bond donors (Lipinski definition) is 1. The number of carbonyl (C=O) groups excluding carboxylic acids is 2. The highest BCUT2D eigenvalue weighted by Crippen LogP contribution is 2.20. The highest BCUT2D eigenvalue weighted by atomic mass is 16.2. The number of rotatable bonds is 5. The maximum Gasteiger partial charge on any atom is 0.229 e. The summed E-state index contributed by atoms with van der Waals surface area (Å²) in [6.45, 7) is 1.17. The van der Waals surface area contributed by atoms with Crippen molar-refractivity contribution in [3.8, 4) is 0 Å². The largest absolute Gasteiger partial charge is 0.342 e. The van der Waals surface area contributed by atoms with Crippen LogP contribution in [0.1, 0.15) is 12.0 Å². The Morgan fingerprint density at radius 1 is 1.04 bits per heavy atom. The maximum absolute atomic E-state index is 12.3. The van der Waals surface area contributed by atoms with Gasteiger partial charge in [0.2, 0.25) is 11.8 Å². The van der Waals surface area contributed by atoms with Gasteiger partial charge in [0, 0.05) is 25.2 Å². The molecule has 4 nitrogen and oxygen atoms in total. The lowest BCUT2D eigenvalue weighted by molar-refractivity contribution is -0.128. The molecular formula is C19H20N2O2. The van der Waals surface area contributed by atoms with E-state index in [1.807, 2.05) is 48.5 Å². The number of likely N-dealkylation sites (tertiary alicyclic amines) is 1. The molecule has 1 aliphatic heterocycles. The highest BCUT2D eigenvalue weighted by molar-refractivity contribution is 5.97. The maximum atomic E-state index is 12.3. The quantitative estimate of drug-likeness (QED) is 0.923. The first kappa shape index (κ1) is 15.3. The van der Waals surface area contributed by atoms with Crippen molar-refractivity contribution in [1.29, 1.82) is 0 Å². The van der Waals surface area contributed by atoms with E-state index < -0.39 is 0 Å². The Morgan fingerprint density at radius 2 is 1.70 bits per heavy atom. The molecule has 1 aliphatic rings. The molecule has 0 aliphatic carbocycles. The molecule has 1 atom stereocenters. The number of hydrogen-bond acceptors (Lipinski definition) is 2. The van der Waals surface area contributed by atoms with Crippen molar-refractivity contribution >= 4 is 17.5 Å². The first-order valence-electron chi connectivity index (χ1n) is 7.90. The molecule has 1 fully saturated rings. The third-order valence-electron chi connectivity index (χ3n) is 4.14. The van der Waals surface area contributed by atoms with Crippen molar-refractivity contribution in [3.05, 3.63) is 66.2 Å². The number of carbonyl (C=O) groups is 2. The van der Waals surface area contributed by atoms with Gasteiger partial charge in [0.1, 0.15) is 0 Å². The van der Waals surface area contributed by atoms with Gasteiger partial charge in [-0.1, -0.05) is 48.5 Å². The molecule has 0 aromatic heterocycles. The van der Waals surface area contributed by atoms with Crippen LogP contribution in [-0.4, -0.2) is 29.8 Å². The van der Waals surface area contributed by atoms with E-state index in [1.165, 1.54) is 5.56 Å². The zero-order chi connectivity index (χ0) is 16.1. The number of benzene rings is 2. The van der Waals surface area contributed by atoms with Crippen molar-refractivity contribution in [2.45, 2.75) is 12.8 Å². The average Bonchev–Trinajstić information content (AvgIpc) is 2.96. The van der Waals surface area contributed by atoms with E-state index in [0.29, 0.717) is 19.5 Å². The summed E-state index contributed by atoms with van der Waals surface area (Å²) in [4.78, 5) is 26.2. The fourth-order valence-electron chi connectivity index (χ4n) is 2.84. The van der Waals surface area contributed by atoms with Crippen molar-refractivity contribution < 1.29 is 9.59 Å². The average molecular weight is 308 g/mol. The lowest BCUT2D eigenvalue weighted by atomic mass is 10.1. The second kappa shape index (κ2) is 7.09. The third-order valence-corrected chi connectivity index (χ3v) is 4.14. The Bertz CT molecular complexity index is 670. The summed E-state index contributed by atoms with van der Waals surface area (Å²) in [6, 6.07) is 19.4. The Labute approximate surface area is 136 Å².